The predicted octanol–water partition coefficient (Wildman–Crippen LogP) is 1.17. The highest BCUT2D eigenvalue weighted by atomic mass is 16.5. The highest BCUT2D eigenvalue weighted by Gasteiger charge is 2.33. The van der Waals surface area contributed by atoms with Crippen LogP contribution in [-0.4, -0.2) is 15.9 Å². The average Bonchev–Trinajstić information content (AvgIpc) is 2.44. The Hall–Kier alpha value is -1.65. The molecule has 0 saturated heterocycles. The maximum atomic E-state index is 10.9. The lowest BCUT2D eigenvalue weighted by molar-refractivity contribution is -0.146. The number of carbonyl (C=O) groups excluding carboxylic acids is 1. The molecule has 1 unspecified atom stereocenters. The van der Waals surface area contributed by atoms with Crippen molar-refractivity contribution in [2.24, 2.45) is 0 Å². The van der Waals surface area contributed by atoms with Crippen LogP contribution in [0.25, 0.3) is 0 Å². The molecule has 15 heavy (non-hydrogen) atoms. The monoisotopic (exact) mass is 207 g/mol. The van der Waals surface area contributed by atoms with E-state index in [4.69, 9.17) is 10.5 Å². The first-order valence-corrected chi connectivity index (χ1v) is 4.87. The number of nitrogens with zero attached hydrogens (tertiary/aromatic N) is 2. The molecule has 0 saturated carbocycles. The van der Waals surface area contributed by atoms with Gasteiger partial charge in [0.25, 0.3) is 0 Å². The molecule has 5 nitrogen and oxygen atoms in total. The second-order valence-electron chi connectivity index (χ2n) is 3.79. The number of hydrogen-bond donors (Lipinski definition) is 1. The fourth-order valence-electron chi connectivity index (χ4n) is 2.04. The van der Waals surface area contributed by atoms with Crippen molar-refractivity contribution in [1.29, 1.82) is 0 Å². The molecule has 0 bridgehead atoms. The molecular formula is C10H13N3O2. The van der Waals surface area contributed by atoms with Gasteiger partial charge in [-0.15, -0.1) is 0 Å². The van der Waals surface area contributed by atoms with E-state index >= 15 is 0 Å². The Morgan fingerprint density at radius 2 is 2.33 bits per heavy atom. The Morgan fingerprint density at radius 3 is 3.00 bits per heavy atom. The van der Waals surface area contributed by atoms with Crippen LogP contribution in [0.1, 0.15) is 43.5 Å². The molecule has 0 aliphatic heterocycles. The van der Waals surface area contributed by atoms with Crippen LogP contribution in [0.15, 0.2) is 6.33 Å². The Labute approximate surface area is 87.7 Å². The summed E-state index contributed by atoms with van der Waals surface area (Å²) in [5.74, 6) is 0.435. The molecule has 2 rings (SSSR count). The van der Waals surface area contributed by atoms with E-state index in [0.29, 0.717) is 5.82 Å². The van der Waals surface area contributed by atoms with Crippen LogP contribution in [0.3, 0.4) is 0 Å². The highest BCUT2D eigenvalue weighted by Crippen LogP contribution is 2.42. The molecule has 1 aliphatic carbocycles. The van der Waals surface area contributed by atoms with Crippen molar-refractivity contribution in [3.63, 3.8) is 0 Å². The minimum atomic E-state index is -0.294. The number of aromatic nitrogens is 2. The van der Waals surface area contributed by atoms with Gasteiger partial charge in [0, 0.05) is 12.5 Å². The van der Waals surface area contributed by atoms with E-state index in [-0.39, 0.29) is 18.0 Å². The summed E-state index contributed by atoms with van der Waals surface area (Å²) in [6, 6.07) is 0. The molecule has 0 fully saturated rings. The number of rotatable bonds is 1. The van der Waals surface area contributed by atoms with Gasteiger partial charge < -0.3 is 10.5 Å². The van der Waals surface area contributed by atoms with Crippen molar-refractivity contribution in [2.45, 2.75) is 32.3 Å². The van der Waals surface area contributed by atoms with E-state index in [0.717, 1.165) is 17.7 Å². The van der Waals surface area contributed by atoms with E-state index in [2.05, 4.69) is 9.97 Å². The van der Waals surface area contributed by atoms with Gasteiger partial charge >= 0.3 is 5.97 Å². The maximum Gasteiger partial charge on any atom is 0.303 e. The quantitative estimate of drug-likeness (QED) is 0.699. The maximum absolute atomic E-state index is 10.9. The van der Waals surface area contributed by atoms with Gasteiger partial charge in [-0.2, -0.15) is 0 Å². The number of nitrogen functional groups attached to an aromatic ring is 1. The molecule has 80 valence electrons. The molecule has 5 heteroatoms. The first-order valence-electron chi connectivity index (χ1n) is 4.87. The van der Waals surface area contributed by atoms with Gasteiger partial charge in [-0.05, 0) is 12.3 Å². The lowest BCUT2D eigenvalue weighted by atomic mass is 10.1. The minimum Gasteiger partial charge on any atom is -0.456 e. The molecule has 2 atom stereocenters. The Kier molecular flexibility index (Phi) is 2.30. The third kappa shape index (κ3) is 1.65. The normalized spacial score (nSPS) is 23.6. The summed E-state index contributed by atoms with van der Waals surface area (Å²) in [5, 5.41) is 0. The number of ether oxygens (including phenoxy) is 1. The van der Waals surface area contributed by atoms with E-state index in [1.54, 1.807) is 0 Å². The number of esters is 1. The summed E-state index contributed by atoms with van der Waals surface area (Å²) in [6.45, 7) is 3.43. The van der Waals surface area contributed by atoms with E-state index in [1.165, 1.54) is 13.3 Å². The largest absolute Gasteiger partial charge is 0.456 e. The summed E-state index contributed by atoms with van der Waals surface area (Å²) in [5.41, 5.74) is 7.44. The van der Waals surface area contributed by atoms with Gasteiger partial charge in [0.15, 0.2) is 0 Å². The lowest BCUT2D eigenvalue weighted by Crippen LogP contribution is -2.07. The topological polar surface area (TPSA) is 78.1 Å². The van der Waals surface area contributed by atoms with Crippen molar-refractivity contribution in [3.05, 3.63) is 17.6 Å². The second kappa shape index (κ2) is 3.49. The minimum absolute atomic E-state index is 0.241. The molecule has 1 aromatic rings. The Bertz CT molecular complexity index is 406. The highest BCUT2D eigenvalue weighted by molar-refractivity contribution is 5.66. The third-order valence-corrected chi connectivity index (χ3v) is 2.62. The van der Waals surface area contributed by atoms with Crippen LogP contribution in [0, 0.1) is 0 Å². The lowest BCUT2D eigenvalue weighted by Gasteiger charge is -2.10. The molecule has 0 spiro atoms. The van der Waals surface area contributed by atoms with Crippen molar-refractivity contribution in [2.75, 3.05) is 5.73 Å². The van der Waals surface area contributed by atoms with Crippen LogP contribution in [0.2, 0.25) is 0 Å². The average molecular weight is 207 g/mol. The summed E-state index contributed by atoms with van der Waals surface area (Å²) >= 11 is 0. The zero-order valence-corrected chi connectivity index (χ0v) is 8.73. The Morgan fingerprint density at radius 1 is 1.60 bits per heavy atom. The van der Waals surface area contributed by atoms with Gasteiger partial charge in [-0.1, -0.05) is 6.92 Å². The number of fused-ring (bicyclic) bond motifs is 1. The van der Waals surface area contributed by atoms with Crippen LogP contribution in [0.4, 0.5) is 5.82 Å². The van der Waals surface area contributed by atoms with Crippen LogP contribution in [0.5, 0.6) is 0 Å². The van der Waals surface area contributed by atoms with E-state index < -0.39 is 0 Å². The third-order valence-electron chi connectivity index (χ3n) is 2.62. The summed E-state index contributed by atoms with van der Waals surface area (Å²) in [4.78, 5) is 19.0. The molecule has 0 radical (unpaired) electrons. The number of hydrogen-bond acceptors (Lipinski definition) is 5. The summed E-state index contributed by atoms with van der Waals surface area (Å²) in [6.07, 6.45) is 1.87. The van der Waals surface area contributed by atoms with Gasteiger partial charge in [0.2, 0.25) is 0 Å². The van der Waals surface area contributed by atoms with Gasteiger partial charge in [-0.25, -0.2) is 9.97 Å². The van der Waals surface area contributed by atoms with E-state index in [1.807, 2.05) is 6.92 Å². The van der Waals surface area contributed by atoms with Crippen LogP contribution >= 0.6 is 0 Å². The molecule has 1 aliphatic rings. The van der Waals surface area contributed by atoms with Crippen molar-refractivity contribution in [3.8, 4) is 0 Å². The molecular weight excluding hydrogens is 194 g/mol. The fourth-order valence-corrected chi connectivity index (χ4v) is 2.04. The zero-order valence-electron chi connectivity index (χ0n) is 8.73. The standard InChI is InChI=1S/C10H13N3O2/c1-5-3-7(15-6(2)14)9-8(5)10(11)13-4-12-9/h4-5,7H,3H2,1-2H3,(H2,11,12,13)/t5-,7?/m1/s1. The zero-order chi connectivity index (χ0) is 11.0. The van der Waals surface area contributed by atoms with Crippen LogP contribution in [-0.2, 0) is 9.53 Å². The molecule has 0 amide bonds. The second-order valence-corrected chi connectivity index (χ2v) is 3.79. The fraction of sp³-hybridized carbons (Fsp3) is 0.500. The van der Waals surface area contributed by atoms with Gasteiger partial charge in [-0.3, -0.25) is 4.79 Å². The number of carbonyl (C=O) groups is 1. The molecule has 1 aromatic heterocycles. The van der Waals surface area contributed by atoms with Gasteiger partial charge in [0.1, 0.15) is 18.2 Å². The Balaban J connectivity index is 2.38. The summed E-state index contributed by atoms with van der Waals surface area (Å²) < 4.78 is 5.18. The first kappa shape index (κ1) is 9.89. The number of anilines is 1. The molecule has 1 heterocycles. The SMILES string of the molecule is CC(=O)OC1C[C@@H](C)c2c(N)ncnc21. The smallest absolute Gasteiger partial charge is 0.303 e. The first-order chi connectivity index (χ1) is 7.09. The van der Waals surface area contributed by atoms with Crippen molar-refractivity contribution in [1.82, 2.24) is 9.97 Å². The number of nitrogens with two attached hydrogens (primary N) is 1. The van der Waals surface area contributed by atoms with E-state index in [9.17, 15) is 4.79 Å². The van der Waals surface area contributed by atoms with Crippen LogP contribution < -0.4 is 5.73 Å². The summed E-state index contributed by atoms with van der Waals surface area (Å²) in [7, 11) is 0. The van der Waals surface area contributed by atoms with Crippen molar-refractivity contribution < 1.29 is 9.53 Å². The molecule has 2 N–H and O–H groups in total. The van der Waals surface area contributed by atoms with Gasteiger partial charge in [0.05, 0.1) is 5.69 Å². The van der Waals surface area contributed by atoms with Crippen molar-refractivity contribution >= 4 is 11.8 Å². The predicted molar refractivity (Wildman–Crippen MR) is 54.0 cm³/mol. The molecule has 0 aromatic carbocycles.